The summed E-state index contributed by atoms with van der Waals surface area (Å²) in [6.07, 6.45) is 3.54. The predicted octanol–water partition coefficient (Wildman–Crippen LogP) is 3.55. The number of urea groups is 1. The molecule has 1 saturated heterocycles. The third-order valence-electron chi connectivity index (χ3n) is 7.52. The van der Waals surface area contributed by atoms with E-state index in [-0.39, 0.29) is 28.4 Å². The van der Waals surface area contributed by atoms with Gasteiger partial charge in [-0.2, -0.15) is 0 Å². The number of carbonyl (C=O) groups is 4. The molecule has 188 valence electrons. The van der Waals surface area contributed by atoms with Crippen LogP contribution in [0, 0.1) is 11.3 Å². The Balaban J connectivity index is 1.38. The number of likely N-dealkylation sites (N-methyl/N-ethyl adjacent to an activating group) is 1. The number of imide groups is 1. The number of hydrogen-bond donors (Lipinski definition) is 1. The lowest BCUT2D eigenvalue weighted by Gasteiger charge is -2.43. The van der Waals surface area contributed by atoms with Crippen LogP contribution in [0.2, 0.25) is 0 Å². The predicted molar refractivity (Wildman–Crippen MR) is 132 cm³/mol. The van der Waals surface area contributed by atoms with Crippen molar-refractivity contribution in [2.24, 2.45) is 11.3 Å². The van der Waals surface area contributed by atoms with E-state index in [4.69, 9.17) is 4.74 Å². The average Bonchev–Trinajstić information content (AvgIpc) is 3.08. The second kappa shape index (κ2) is 8.50. The monoisotopic (exact) mass is 481 g/mol. The van der Waals surface area contributed by atoms with Crippen LogP contribution in [0.1, 0.15) is 59.4 Å². The van der Waals surface area contributed by atoms with Crippen LogP contribution in [0.15, 0.2) is 36.0 Å². The zero-order valence-corrected chi connectivity index (χ0v) is 21.4. The Morgan fingerprint density at radius 2 is 1.83 bits per heavy atom. The van der Waals surface area contributed by atoms with Gasteiger partial charge in [0, 0.05) is 29.9 Å². The zero-order chi connectivity index (χ0) is 25.8. The van der Waals surface area contributed by atoms with Crippen LogP contribution < -0.4 is 10.2 Å². The number of allylic oxidation sites excluding steroid dienone is 1. The molecule has 1 spiro atoms. The molecule has 1 N–H and O–H groups in total. The molecule has 0 radical (unpaired) electrons. The molecule has 2 atom stereocenters. The Labute approximate surface area is 206 Å². The van der Waals surface area contributed by atoms with E-state index in [0.29, 0.717) is 12.8 Å². The van der Waals surface area contributed by atoms with Crippen LogP contribution in [-0.4, -0.2) is 54.3 Å². The van der Waals surface area contributed by atoms with Crippen molar-refractivity contribution in [1.82, 2.24) is 10.2 Å². The van der Waals surface area contributed by atoms with Crippen molar-refractivity contribution in [3.63, 3.8) is 0 Å². The van der Waals surface area contributed by atoms with E-state index in [2.05, 4.69) is 26.1 Å². The first-order valence-corrected chi connectivity index (χ1v) is 12.1. The summed E-state index contributed by atoms with van der Waals surface area (Å²) in [7, 11) is 1.90. The summed E-state index contributed by atoms with van der Waals surface area (Å²) in [5, 5.41) is 2.84. The number of ketones is 1. The molecule has 2 aliphatic heterocycles. The SMILES string of the molecule is CC1CC(C)(C)CC2(C1)NC(=O)N(CC(=O)OCC(=O)C=C1N(C)c3ccccc3C1(C)C)C2=O. The fourth-order valence-electron chi connectivity index (χ4n) is 6.43. The van der Waals surface area contributed by atoms with Crippen molar-refractivity contribution in [3.8, 4) is 0 Å². The average molecular weight is 482 g/mol. The summed E-state index contributed by atoms with van der Waals surface area (Å²) in [4.78, 5) is 53.8. The molecular weight excluding hydrogens is 446 g/mol. The summed E-state index contributed by atoms with van der Waals surface area (Å²) in [5.41, 5.74) is 1.51. The second-order valence-electron chi connectivity index (χ2n) is 11.6. The topological polar surface area (TPSA) is 96.0 Å². The highest BCUT2D eigenvalue weighted by atomic mass is 16.5. The van der Waals surface area contributed by atoms with Crippen molar-refractivity contribution in [1.29, 1.82) is 0 Å². The molecule has 4 rings (SSSR count). The zero-order valence-electron chi connectivity index (χ0n) is 21.4. The molecule has 0 aromatic heterocycles. The van der Waals surface area contributed by atoms with Gasteiger partial charge in [-0.1, -0.05) is 52.8 Å². The number of carbonyl (C=O) groups excluding carboxylic acids is 4. The largest absolute Gasteiger partial charge is 0.456 e. The molecule has 3 aliphatic rings. The number of ether oxygens (including phenoxy) is 1. The van der Waals surface area contributed by atoms with Crippen LogP contribution in [0.5, 0.6) is 0 Å². The Kier molecular flexibility index (Phi) is 6.06. The molecule has 1 saturated carbocycles. The van der Waals surface area contributed by atoms with Gasteiger partial charge in [-0.15, -0.1) is 0 Å². The molecule has 3 amide bonds. The molecule has 1 aliphatic carbocycles. The lowest BCUT2D eigenvalue weighted by molar-refractivity contribution is -0.150. The number of hydrogen-bond acceptors (Lipinski definition) is 6. The lowest BCUT2D eigenvalue weighted by atomic mass is 9.64. The van der Waals surface area contributed by atoms with Crippen molar-refractivity contribution in [2.75, 3.05) is 25.1 Å². The van der Waals surface area contributed by atoms with Gasteiger partial charge in [0.05, 0.1) is 0 Å². The van der Waals surface area contributed by atoms with E-state index in [0.717, 1.165) is 28.3 Å². The fraction of sp³-hybridized carbons (Fsp3) is 0.556. The maximum absolute atomic E-state index is 13.2. The van der Waals surface area contributed by atoms with E-state index in [1.54, 1.807) is 0 Å². The minimum Gasteiger partial charge on any atom is -0.456 e. The fourth-order valence-corrected chi connectivity index (χ4v) is 6.43. The second-order valence-corrected chi connectivity index (χ2v) is 11.6. The maximum atomic E-state index is 13.2. The maximum Gasteiger partial charge on any atom is 0.326 e. The summed E-state index contributed by atoms with van der Waals surface area (Å²) in [6.45, 7) is 9.36. The van der Waals surface area contributed by atoms with Gasteiger partial charge in [0.1, 0.15) is 12.1 Å². The summed E-state index contributed by atoms with van der Waals surface area (Å²) >= 11 is 0. The number of fused-ring (bicyclic) bond motifs is 1. The highest BCUT2D eigenvalue weighted by Crippen LogP contribution is 2.47. The van der Waals surface area contributed by atoms with E-state index in [9.17, 15) is 19.2 Å². The van der Waals surface area contributed by atoms with Gasteiger partial charge >= 0.3 is 12.0 Å². The van der Waals surface area contributed by atoms with E-state index >= 15 is 0 Å². The minimum atomic E-state index is -0.980. The summed E-state index contributed by atoms with van der Waals surface area (Å²) < 4.78 is 5.17. The number of amides is 3. The Bertz CT molecular complexity index is 1120. The number of anilines is 1. The van der Waals surface area contributed by atoms with Crippen LogP contribution in [-0.2, 0) is 24.5 Å². The molecule has 0 bridgehead atoms. The normalized spacial score (nSPS) is 27.8. The molecule has 35 heavy (non-hydrogen) atoms. The van der Waals surface area contributed by atoms with E-state index in [1.807, 2.05) is 50.1 Å². The van der Waals surface area contributed by atoms with Crippen LogP contribution in [0.3, 0.4) is 0 Å². The molecule has 2 fully saturated rings. The summed E-state index contributed by atoms with van der Waals surface area (Å²) in [5.74, 6) is -1.27. The highest BCUT2D eigenvalue weighted by Gasteiger charge is 2.56. The van der Waals surface area contributed by atoms with Gasteiger partial charge in [0.25, 0.3) is 5.91 Å². The van der Waals surface area contributed by atoms with Crippen molar-refractivity contribution in [3.05, 3.63) is 41.6 Å². The first-order chi connectivity index (χ1) is 16.3. The van der Waals surface area contributed by atoms with Gasteiger partial charge in [0.15, 0.2) is 12.4 Å². The van der Waals surface area contributed by atoms with Crippen LogP contribution in [0.25, 0.3) is 0 Å². The number of benzene rings is 1. The standard InChI is InChI=1S/C27H35N3O5/c1-17-12-25(2,3)16-27(13-17)23(33)30(24(34)28-27)14-22(32)35-15-18(31)11-21-26(4,5)19-9-7-8-10-20(19)29(21)6/h7-11,17H,12-16H2,1-6H3,(H,28,34). The van der Waals surface area contributed by atoms with Crippen molar-refractivity contribution >= 4 is 29.4 Å². The van der Waals surface area contributed by atoms with Gasteiger partial charge < -0.3 is 15.0 Å². The Hall–Kier alpha value is -3.16. The van der Waals surface area contributed by atoms with Crippen molar-refractivity contribution < 1.29 is 23.9 Å². The number of rotatable bonds is 5. The molecule has 8 nitrogen and oxygen atoms in total. The number of nitrogens with zero attached hydrogens (tertiary/aromatic N) is 2. The van der Waals surface area contributed by atoms with Crippen molar-refractivity contribution in [2.45, 2.75) is 64.8 Å². The van der Waals surface area contributed by atoms with E-state index in [1.165, 1.54) is 6.08 Å². The number of esters is 1. The molecule has 2 heterocycles. The number of para-hydroxylation sites is 1. The van der Waals surface area contributed by atoms with Gasteiger partial charge in [-0.25, -0.2) is 4.79 Å². The van der Waals surface area contributed by atoms with E-state index < -0.39 is 30.7 Å². The lowest BCUT2D eigenvalue weighted by Crippen LogP contribution is -2.54. The molecule has 1 aromatic carbocycles. The first-order valence-electron chi connectivity index (χ1n) is 12.1. The highest BCUT2D eigenvalue weighted by molar-refractivity contribution is 6.09. The Morgan fingerprint density at radius 3 is 2.49 bits per heavy atom. The molecule has 8 heteroatoms. The molecule has 1 aromatic rings. The quantitative estimate of drug-likeness (QED) is 0.393. The molecule has 2 unspecified atom stereocenters. The summed E-state index contributed by atoms with van der Waals surface area (Å²) in [6, 6.07) is 7.37. The third-order valence-corrected chi connectivity index (χ3v) is 7.52. The number of nitrogens with one attached hydrogen (secondary N) is 1. The van der Waals surface area contributed by atoms with Crippen LogP contribution >= 0.6 is 0 Å². The third kappa shape index (κ3) is 4.46. The Morgan fingerprint density at radius 1 is 1.14 bits per heavy atom. The molecular formula is C27H35N3O5. The van der Waals surface area contributed by atoms with Crippen LogP contribution in [0.4, 0.5) is 10.5 Å². The smallest absolute Gasteiger partial charge is 0.326 e. The van der Waals surface area contributed by atoms with Gasteiger partial charge in [-0.05, 0) is 42.2 Å². The first kappa shape index (κ1) is 24.9. The van der Waals surface area contributed by atoms with Gasteiger partial charge in [-0.3, -0.25) is 19.3 Å². The van der Waals surface area contributed by atoms with Gasteiger partial charge in [0.2, 0.25) is 0 Å². The minimum absolute atomic E-state index is 0.0993.